The zero-order chi connectivity index (χ0) is 21.4. The first-order chi connectivity index (χ1) is 15.1. The molecular weight excluding hydrogens is 478 g/mol. The van der Waals surface area contributed by atoms with Crippen LogP contribution in [0.1, 0.15) is 34.5 Å². The summed E-state index contributed by atoms with van der Waals surface area (Å²) in [7, 11) is 0. The summed E-state index contributed by atoms with van der Waals surface area (Å²) >= 11 is 4.97. The molecule has 5 rings (SSSR count). The van der Waals surface area contributed by atoms with Crippen LogP contribution >= 0.6 is 27.3 Å². The Bertz CT molecular complexity index is 1330. The van der Waals surface area contributed by atoms with E-state index < -0.39 is 0 Å². The van der Waals surface area contributed by atoms with Crippen molar-refractivity contribution in [3.8, 4) is 16.5 Å². The molecule has 156 valence electrons. The summed E-state index contributed by atoms with van der Waals surface area (Å²) < 4.78 is 2.19. The predicted molar refractivity (Wildman–Crippen MR) is 124 cm³/mol. The van der Waals surface area contributed by atoms with Gasteiger partial charge in [-0.2, -0.15) is 9.78 Å². The molecule has 0 unspecified atom stereocenters. The summed E-state index contributed by atoms with van der Waals surface area (Å²) in [5.74, 6) is 0.450. The molecule has 9 heteroatoms. The van der Waals surface area contributed by atoms with E-state index in [1.54, 1.807) is 29.5 Å². The Morgan fingerprint density at radius 2 is 2.00 bits per heavy atom. The lowest BCUT2D eigenvalue weighted by Gasteiger charge is -2.15. The van der Waals surface area contributed by atoms with Gasteiger partial charge >= 0.3 is 0 Å². The van der Waals surface area contributed by atoms with Crippen molar-refractivity contribution >= 4 is 39.0 Å². The smallest absolute Gasteiger partial charge is 0.257 e. The van der Waals surface area contributed by atoms with Gasteiger partial charge in [0.15, 0.2) is 0 Å². The van der Waals surface area contributed by atoms with E-state index >= 15 is 0 Å². The van der Waals surface area contributed by atoms with Crippen molar-refractivity contribution in [2.75, 3.05) is 5.32 Å². The number of halogens is 1. The van der Waals surface area contributed by atoms with Crippen LogP contribution in [0.3, 0.4) is 0 Å². The van der Waals surface area contributed by atoms with Gasteiger partial charge in [-0.25, -0.2) is 4.98 Å². The second-order valence-corrected chi connectivity index (χ2v) is 9.06. The number of aromatic nitrogens is 4. The van der Waals surface area contributed by atoms with Gasteiger partial charge in [-0.15, -0.1) is 11.3 Å². The summed E-state index contributed by atoms with van der Waals surface area (Å²) in [6.45, 7) is 0. The Morgan fingerprint density at radius 3 is 2.81 bits per heavy atom. The van der Waals surface area contributed by atoms with Crippen molar-refractivity contribution < 1.29 is 4.79 Å². The van der Waals surface area contributed by atoms with Crippen LogP contribution in [0, 0.1) is 0 Å². The summed E-state index contributed by atoms with van der Waals surface area (Å²) in [4.78, 5) is 34.1. The van der Waals surface area contributed by atoms with Crippen LogP contribution < -0.4 is 10.9 Å². The quantitative estimate of drug-likeness (QED) is 0.433. The molecule has 7 nitrogen and oxygen atoms in total. The zero-order valence-corrected chi connectivity index (χ0v) is 18.8. The molecule has 3 heterocycles. The van der Waals surface area contributed by atoms with Gasteiger partial charge in [0.1, 0.15) is 11.5 Å². The fourth-order valence-electron chi connectivity index (χ4n) is 3.70. The summed E-state index contributed by atoms with van der Waals surface area (Å²) in [6.07, 6.45) is 3.51. The Hall–Kier alpha value is -3.04. The van der Waals surface area contributed by atoms with E-state index in [9.17, 15) is 9.59 Å². The van der Waals surface area contributed by atoms with E-state index in [4.69, 9.17) is 0 Å². The maximum absolute atomic E-state index is 12.9. The van der Waals surface area contributed by atoms with Crippen LogP contribution in [0.4, 0.5) is 5.82 Å². The summed E-state index contributed by atoms with van der Waals surface area (Å²) in [6, 6.07) is 12.9. The van der Waals surface area contributed by atoms with Crippen molar-refractivity contribution in [2.24, 2.45) is 0 Å². The van der Waals surface area contributed by atoms with Gasteiger partial charge in [0.2, 0.25) is 5.95 Å². The number of carbonyl (C=O) groups is 1. The number of anilines is 1. The van der Waals surface area contributed by atoms with Gasteiger partial charge in [0, 0.05) is 16.1 Å². The number of aromatic amines is 1. The minimum atomic E-state index is -0.285. The van der Waals surface area contributed by atoms with E-state index in [1.165, 1.54) is 4.68 Å². The molecule has 4 aromatic rings. The molecular formula is C22H18BrN5O2S. The van der Waals surface area contributed by atoms with E-state index in [-0.39, 0.29) is 11.5 Å². The number of amides is 1. The number of thiophene rings is 1. The third-order valence-corrected chi connectivity index (χ3v) is 6.81. The molecule has 0 aliphatic heterocycles. The highest BCUT2D eigenvalue weighted by atomic mass is 79.9. The van der Waals surface area contributed by atoms with Gasteiger partial charge in [-0.1, -0.05) is 18.2 Å². The Labute approximate surface area is 190 Å². The number of H-pyrrole nitrogens is 1. The van der Waals surface area contributed by atoms with E-state index in [1.807, 2.05) is 29.6 Å². The number of rotatable bonds is 4. The first-order valence-corrected chi connectivity index (χ1v) is 11.6. The van der Waals surface area contributed by atoms with Crippen LogP contribution in [-0.4, -0.2) is 25.7 Å². The van der Waals surface area contributed by atoms with E-state index in [0.29, 0.717) is 27.5 Å². The number of nitrogens with zero attached hydrogens (tertiary/aromatic N) is 3. The molecule has 3 aromatic heterocycles. The lowest BCUT2D eigenvalue weighted by molar-refractivity contribution is 0.102. The van der Waals surface area contributed by atoms with Crippen LogP contribution in [0.25, 0.3) is 16.5 Å². The number of hydrogen-bond donors (Lipinski definition) is 2. The molecule has 0 fully saturated rings. The second kappa shape index (κ2) is 8.24. The third kappa shape index (κ3) is 3.86. The minimum Gasteiger partial charge on any atom is -0.306 e. The Kier molecular flexibility index (Phi) is 5.29. The highest BCUT2D eigenvalue weighted by molar-refractivity contribution is 9.10. The standard InChI is InChI=1S/C22H18BrN5O2S/c23-15-8-3-1-6-13(15)20(29)25-19-12-17(18-10-5-11-31-18)27-28(19)22-24-16-9-4-2-7-14(16)21(30)26-22/h1,3,5-6,8,10-12H,2,4,7,9H2,(H,25,29)(H,24,26,30). The fraction of sp³-hybridized carbons (Fsp3) is 0.182. The molecule has 1 aliphatic carbocycles. The van der Waals surface area contributed by atoms with Crippen LogP contribution in [0.5, 0.6) is 0 Å². The number of fused-ring (bicyclic) bond motifs is 1. The number of hydrogen-bond acceptors (Lipinski definition) is 5. The fourth-order valence-corrected chi connectivity index (χ4v) is 4.84. The van der Waals surface area contributed by atoms with Crippen LogP contribution in [0.15, 0.2) is 57.1 Å². The molecule has 1 aromatic carbocycles. The third-order valence-electron chi connectivity index (χ3n) is 5.22. The van der Waals surface area contributed by atoms with Crippen molar-refractivity contribution in [1.29, 1.82) is 0 Å². The number of benzene rings is 1. The molecule has 0 bridgehead atoms. The highest BCUT2D eigenvalue weighted by Gasteiger charge is 2.21. The molecule has 2 N–H and O–H groups in total. The van der Waals surface area contributed by atoms with Gasteiger partial charge in [-0.05, 0) is 65.2 Å². The molecule has 0 radical (unpaired) electrons. The molecule has 0 atom stereocenters. The maximum Gasteiger partial charge on any atom is 0.257 e. The van der Waals surface area contributed by atoms with Crippen molar-refractivity contribution in [1.82, 2.24) is 19.7 Å². The molecule has 0 saturated heterocycles. The lowest BCUT2D eigenvalue weighted by Crippen LogP contribution is -2.24. The Morgan fingerprint density at radius 1 is 1.16 bits per heavy atom. The SMILES string of the molecule is O=C(Nc1cc(-c2cccs2)nn1-c1nc2c(c(=O)[nH]1)CCCC2)c1ccccc1Br. The first-order valence-electron chi connectivity index (χ1n) is 9.92. The van der Waals surface area contributed by atoms with Gasteiger partial charge in [0.25, 0.3) is 11.5 Å². The summed E-state index contributed by atoms with van der Waals surface area (Å²) in [5.41, 5.74) is 2.61. The van der Waals surface area contributed by atoms with Gasteiger partial charge in [-0.3, -0.25) is 14.6 Å². The minimum absolute atomic E-state index is 0.143. The van der Waals surface area contributed by atoms with E-state index in [0.717, 1.165) is 41.8 Å². The van der Waals surface area contributed by atoms with Crippen LogP contribution in [0.2, 0.25) is 0 Å². The Balaban J connectivity index is 1.60. The largest absolute Gasteiger partial charge is 0.306 e. The number of nitrogens with one attached hydrogen (secondary N) is 2. The highest BCUT2D eigenvalue weighted by Crippen LogP contribution is 2.28. The number of carbonyl (C=O) groups excluding carboxylic acids is 1. The molecule has 1 amide bonds. The van der Waals surface area contributed by atoms with Gasteiger partial charge in [0.05, 0.1) is 16.1 Å². The summed E-state index contributed by atoms with van der Waals surface area (Å²) in [5, 5.41) is 9.54. The van der Waals surface area contributed by atoms with Crippen molar-refractivity contribution in [3.05, 3.63) is 79.5 Å². The molecule has 1 aliphatic rings. The van der Waals surface area contributed by atoms with Crippen molar-refractivity contribution in [3.63, 3.8) is 0 Å². The van der Waals surface area contributed by atoms with Crippen LogP contribution in [-0.2, 0) is 12.8 Å². The van der Waals surface area contributed by atoms with Gasteiger partial charge < -0.3 is 5.32 Å². The predicted octanol–water partition coefficient (Wildman–Crippen LogP) is 4.58. The molecule has 0 spiro atoms. The first kappa shape index (κ1) is 19.9. The lowest BCUT2D eigenvalue weighted by atomic mass is 9.97. The normalized spacial score (nSPS) is 13.1. The zero-order valence-electron chi connectivity index (χ0n) is 16.4. The topological polar surface area (TPSA) is 92.7 Å². The molecule has 31 heavy (non-hydrogen) atoms. The number of aryl methyl sites for hydroxylation is 1. The average Bonchev–Trinajstić information content (AvgIpc) is 3.44. The van der Waals surface area contributed by atoms with E-state index in [2.05, 4.69) is 36.3 Å². The maximum atomic E-state index is 12.9. The average molecular weight is 496 g/mol. The monoisotopic (exact) mass is 495 g/mol. The molecule has 0 saturated carbocycles. The second-order valence-electron chi connectivity index (χ2n) is 7.26. The van der Waals surface area contributed by atoms with Crippen molar-refractivity contribution in [2.45, 2.75) is 25.7 Å².